The molecule has 0 spiro atoms. The first-order valence-electron chi connectivity index (χ1n) is 3.46. The monoisotopic (exact) mass is 195 g/mol. The number of carbonyl (C=O) groups is 1. The summed E-state index contributed by atoms with van der Waals surface area (Å²) in [6, 6.07) is -1.15. The van der Waals surface area contributed by atoms with Crippen LogP contribution in [0.1, 0.15) is 6.42 Å². The van der Waals surface area contributed by atoms with Gasteiger partial charge in [-0.1, -0.05) is 0 Å². The van der Waals surface area contributed by atoms with Crippen molar-refractivity contribution in [3.05, 3.63) is 0 Å². The highest BCUT2D eigenvalue weighted by atomic mass is 31.2. The molecule has 2 unspecified atom stereocenters. The van der Waals surface area contributed by atoms with Gasteiger partial charge < -0.3 is 20.5 Å². The molecule has 0 aliphatic carbocycles. The number of carboxylic acids is 1. The second kappa shape index (κ2) is 4.03. The quantitative estimate of drug-likeness (QED) is 0.536. The van der Waals surface area contributed by atoms with Gasteiger partial charge in [-0.25, -0.2) is 0 Å². The summed E-state index contributed by atoms with van der Waals surface area (Å²) in [4.78, 5) is 10.2. The van der Waals surface area contributed by atoms with Gasteiger partial charge in [-0.3, -0.25) is 4.79 Å². The minimum absolute atomic E-state index is 0.167. The van der Waals surface area contributed by atoms with Crippen molar-refractivity contribution >= 4 is 13.1 Å². The predicted molar refractivity (Wildman–Crippen MR) is 45.7 cm³/mol. The van der Waals surface area contributed by atoms with E-state index in [2.05, 4.69) is 0 Å². The van der Waals surface area contributed by atoms with Crippen molar-refractivity contribution in [2.24, 2.45) is 5.73 Å². The minimum atomic E-state index is -2.64. The highest BCUT2D eigenvalue weighted by Gasteiger charge is 2.25. The summed E-state index contributed by atoms with van der Waals surface area (Å²) >= 11 is 0. The molecule has 0 aromatic heterocycles. The van der Waals surface area contributed by atoms with Gasteiger partial charge >= 0.3 is 5.97 Å². The predicted octanol–water partition coefficient (Wildman–Crippen LogP) is -0.271. The van der Waals surface area contributed by atoms with Crippen LogP contribution in [0.2, 0.25) is 0 Å². The number of aliphatic hydroxyl groups is 1. The van der Waals surface area contributed by atoms with Crippen LogP contribution in [0.3, 0.4) is 0 Å². The standard InChI is InChI=1S/C6H14NO4P/c1-12(2,11)5(8)3-4(7)6(9)10/h4-5,8H,3,7H2,1-2H3,(H,9,10). The average Bonchev–Trinajstić information content (AvgIpc) is 1.85. The molecule has 12 heavy (non-hydrogen) atoms. The van der Waals surface area contributed by atoms with Crippen LogP contribution in [-0.4, -0.2) is 41.4 Å². The molecule has 0 saturated heterocycles. The Morgan fingerprint density at radius 3 is 2.25 bits per heavy atom. The maximum atomic E-state index is 11.2. The van der Waals surface area contributed by atoms with Crippen molar-refractivity contribution in [1.29, 1.82) is 0 Å². The van der Waals surface area contributed by atoms with E-state index in [1.54, 1.807) is 0 Å². The SMILES string of the molecule is CP(C)(=O)C(O)CC(N)C(=O)O. The normalized spacial score (nSPS) is 17.0. The van der Waals surface area contributed by atoms with Crippen LogP contribution in [-0.2, 0) is 9.36 Å². The Morgan fingerprint density at radius 2 is 2.00 bits per heavy atom. The lowest BCUT2D eigenvalue weighted by molar-refractivity contribution is -0.139. The Hall–Kier alpha value is -0.380. The fraction of sp³-hybridized carbons (Fsp3) is 0.833. The summed E-state index contributed by atoms with van der Waals surface area (Å²) < 4.78 is 11.2. The van der Waals surface area contributed by atoms with Crippen LogP contribution in [0.15, 0.2) is 0 Å². The van der Waals surface area contributed by atoms with Gasteiger partial charge in [0.1, 0.15) is 19.0 Å². The van der Waals surface area contributed by atoms with E-state index >= 15 is 0 Å². The third-order valence-corrected chi connectivity index (χ3v) is 3.15. The lowest BCUT2D eigenvalue weighted by atomic mass is 10.2. The summed E-state index contributed by atoms with van der Waals surface area (Å²) in [6.07, 6.45) is -0.167. The summed E-state index contributed by atoms with van der Waals surface area (Å²) in [5, 5.41) is 17.6. The molecular weight excluding hydrogens is 181 g/mol. The Balaban J connectivity index is 4.11. The van der Waals surface area contributed by atoms with Crippen molar-refractivity contribution in [1.82, 2.24) is 0 Å². The van der Waals surface area contributed by atoms with Crippen LogP contribution in [0.5, 0.6) is 0 Å². The molecule has 0 aliphatic rings. The number of hydrogen-bond donors (Lipinski definition) is 3. The number of nitrogens with two attached hydrogens (primary N) is 1. The smallest absolute Gasteiger partial charge is 0.320 e. The molecule has 0 aromatic carbocycles. The molecule has 0 aromatic rings. The second-order valence-corrected chi connectivity index (χ2v) is 6.56. The molecule has 72 valence electrons. The number of aliphatic carboxylic acids is 1. The zero-order valence-corrected chi connectivity index (χ0v) is 7.99. The van der Waals surface area contributed by atoms with Gasteiger partial charge in [0, 0.05) is 6.42 Å². The van der Waals surface area contributed by atoms with Gasteiger partial charge in [-0.15, -0.1) is 0 Å². The van der Waals surface area contributed by atoms with E-state index < -0.39 is 25.0 Å². The average molecular weight is 195 g/mol. The molecule has 0 radical (unpaired) electrons. The number of hydrogen-bond acceptors (Lipinski definition) is 4. The summed E-state index contributed by atoms with van der Waals surface area (Å²) in [5.74, 6) is -2.31. The minimum Gasteiger partial charge on any atom is -0.480 e. The summed E-state index contributed by atoms with van der Waals surface area (Å²) in [6.45, 7) is 2.79. The molecule has 0 amide bonds. The number of aliphatic hydroxyl groups excluding tert-OH is 1. The van der Waals surface area contributed by atoms with Gasteiger partial charge in [0.25, 0.3) is 0 Å². The summed E-state index contributed by atoms with van der Waals surface area (Å²) in [5.41, 5.74) is 5.13. The third-order valence-electron chi connectivity index (χ3n) is 1.50. The molecule has 5 nitrogen and oxygen atoms in total. The Morgan fingerprint density at radius 1 is 1.58 bits per heavy atom. The Kier molecular flexibility index (Phi) is 3.90. The topological polar surface area (TPSA) is 101 Å². The van der Waals surface area contributed by atoms with Crippen molar-refractivity contribution in [2.45, 2.75) is 18.3 Å². The maximum Gasteiger partial charge on any atom is 0.320 e. The Labute approximate surface area is 70.9 Å². The van der Waals surface area contributed by atoms with E-state index in [1.165, 1.54) is 13.3 Å². The van der Waals surface area contributed by atoms with Crippen molar-refractivity contribution in [2.75, 3.05) is 13.3 Å². The first-order valence-corrected chi connectivity index (χ1v) is 6.13. The molecule has 0 rings (SSSR count). The molecule has 6 heteroatoms. The van der Waals surface area contributed by atoms with Gasteiger partial charge in [0.15, 0.2) is 0 Å². The second-order valence-electron chi connectivity index (χ2n) is 3.10. The van der Waals surface area contributed by atoms with Gasteiger partial charge in [-0.05, 0) is 13.3 Å². The van der Waals surface area contributed by atoms with Gasteiger partial charge in [0.05, 0.1) is 0 Å². The zero-order chi connectivity index (χ0) is 9.94. The third kappa shape index (κ3) is 3.85. The first-order chi connectivity index (χ1) is 5.25. The molecule has 0 heterocycles. The highest BCUT2D eigenvalue weighted by molar-refractivity contribution is 7.62. The van der Waals surface area contributed by atoms with E-state index in [1.807, 2.05) is 0 Å². The lowest BCUT2D eigenvalue weighted by Gasteiger charge is -2.16. The lowest BCUT2D eigenvalue weighted by Crippen LogP contribution is -2.33. The summed E-state index contributed by atoms with van der Waals surface area (Å²) in [7, 11) is -2.64. The van der Waals surface area contributed by atoms with Crippen molar-refractivity contribution < 1.29 is 19.6 Å². The molecule has 0 fully saturated rings. The maximum absolute atomic E-state index is 11.2. The molecular formula is C6H14NO4P. The van der Waals surface area contributed by atoms with Crippen LogP contribution >= 0.6 is 7.14 Å². The largest absolute Gasteiger partial charge is 0.480 e. The molecule has 0 saturated carbocycles. The van der Waals surface area contributed by atoms with E-state index in [-0.39, 0.29) is 6.42 Å². The van der Waals surface area contributed by atoms with Gasteiger partial charge in [0.2, 0.25) is 0 Å². The molecule has 4 N–H and O–H groups in total. The van der Waals surface area contributed by atoms with E-state index in [0.29, 0.717) is 0 Å². The Bertz CT molecular complexity index is 212. The van der Waals surface area contributed by atoms with Crippen LogP contribution in [0.4, 0.5) is 0 Å². The molecule has 2 atom stereocenters. The van der Waals surface area contributed by atoms with Crippen molar-refractivity contribution in [3.63, 3.8) is 0 Å². The fourth-order valence-electron chi connectivity index (χ4n) is 0.582. The van der Waals surface area contributed by atoms with Crippen molar-refractivity contribution in [3.8, 4) is 0 Å². The van der Waals surface area contributed by atoms with Gasteiger partial charge in [-0.2, -0.15) is 0 Å². The number of carboxylic acid groups (broad SMARTS) is 1. The van der Waals surface area contributed by atoms with E-state index in [9.17, 15) is 14.5 Å². The van der Waals surface area contributed by atoms with Crippen LogP contribution in [0, 0.1) is 0 Å². The molecule has 0 bridgehead atoms. The number of rotatable bonds is 4. The zero-order valence-electron chi connectivity index (χ0n) is 7.10. The first kappa shape index (κ1) is 11.6. The van der Waals surface area contributed by atoms with Crippen LogP contribution < -0.4 is 5.73 Å². The van der Waals surface area contributed by atoms with E-state index in [0.717, 1.165) is 0 Å². The highest BCUT2D eigenvalue weighted by Crippen LogP contribution is 2.42. The van der Waals surface area contributed by atoms with Crippen LogP contribution in [0.25, 0.3) is 0 Å². The van der Waals surface area contributed by atoms with E-state index in [4.69, 9.17) is 10.8 Å². The molecule has 0 aliphatic heterocycles. The fourth-order valence-corrected chi connectivity index (χ4v) is 1.32.